The summed E-state index contributed by atoms with van der Waals surface area (Å²) in [7, 11) is 0. The molecular formula is C15H13BFN3. The first kappa shape index (κ1) is 11.7. The first-order valence-electron chi connectivity index (χ1n) is 6.95. The zero-order valence-corrected chi connectivity index (χ0v) is 11.0. The summed E-state index contributed by atoms with van der Waals surface area (Å²) in [6.45, 7) is 0.0852. The second-order valence-corrected chi connectivity index (χ2v) is 5.90. The molecule has 0 atom stereocenters. The van der Waals surface area contributed by atoms with Gasteiger partial charge in [-0.05, 0) is 43.7 Å². The molecular weight excluding hydrogens is 252 g/mol. The van der Waals surface area contributed by atoms with Gasteiger partial charge in [-0.15, -0.1) is 0 Å². The number of halogens is 1. The van der Waals surface area contributed by atoms with Crippen molar-refractivity contribution in [2.45, 2.75) is 31.0 Å². The van der Waals surface area contributed by atoms with Crippen LogP contribution in [-0.2, 0) is 11.9 Å². The smallest absolute Gasteiger partial charge is 0.264 e. The van der Waals surface area contributed by atoms with E-state index in [1.165, 1.54) is 12.1 Å². The fourth-order valence-electron chi connectivity index (χ4n) is 3.29. The van der Waals surface area contributed by atoms with Crippen molar-refractivity contribution in [3.63, 3.8) is 0 Å². The molecule has 0 radical (unpaired) electrons. The number of nitrogens with zero attached hydrogens (tertiary/aromatic N) is 3. The van der Waals surface area contributed by atoms with Crippen LogP contribution in [0.25, 0.3) is 11.3 Å². The minimum atomic E-state index is -0.246. The van der Waals surface area contributed by atoms with Gasteiger partial charge in [-0.2, -0.15) is 5.10 Å². The third kappa shape index (κ3) is 1.68. The second kappa shape index (κ2) is 3.95. The molecule has 4 rings (SSSR count). The predicted octanol–water partition coefficient (Wildman–Crippen LogP) is 2.83. The average molecular weight is 265 g/mol. The van der Waals surface area contributed by atoms with Gasteiger partial charge in [0, 0.05) is 17.2 Å². The molecule has 0 bridgehead atoms. The zero-order chi connectivity index (χ0) is 13.7. The van der Waals surface area contributed by atoms with Gasteiger partial charge in [-0.25, -0.2) is 9.65 Å². The topological polar surface area (TPSA) is 41.6 Å². The molecule has 1 fully saturated rings. The van der Waals surface area contributed by atoms with Gasteiger partial charge in [0.05, 0.1) is 11.2 Å². The molecule has 20 heavy (non-hydrogen) atoms. The van der Waals surface area contributed by atoms with Crippen LogP contribution in [0.3, 0.4) is 0 Å². The molecule has 98 valence electrons. The lowest BCUT2D eigenvalue weighted by Gasteiger charge is -2.25. The van der Waals surface area contributed by atoms with E-state index in [4.69, 9.17) is 0 Å². The maximum Gasteiger partial charge on any atom is 0.276 e. The van der Waals surface area contributed by atoms with Crippen LogP contribution in [-0.4, -0.2) is 16.5 Å². The van der Waals surface area contributed by atoms with Crippen LogP contribution >= 0.6 is 0 Å². The van der Waals surface area contributed by atoms with E-state index in [0.717, 1.165) is 42.4 Å². The number of hydrogen-bond donors (Lipinski definition) is 0. The standard InChI is InChI=1S/C15H13BFN3/c17-12-3-1-2-11(6-12)14-7-13-8-16(10-18)9-15(4-5-15)20(13)19-14/h1-3,6-7H,4-5,8-9H2. The van der Waals surface area contributed by atoms with Crippen LogP contribution in [0.5, 0.6) is 0 Å². The van der Waals surface area contributed by atoms with E-state index in [1.807, 2.05) is 12.1 Å². The van der Waals surface area contributed by atoms with E-state index in [2.05, 4.69) is 15.7 Å². The highest BCUT2D eigenvalue weighted by atomic mass is 19.1. The van der Waals surface area contributed by atoms with Crippen molar-refractivity contribution >= 4 is 6.71 Å². The van der Waals surface area contributed by atoms with Crippen molar-refractivity contribution in [2.24, 2.45) is 0 Å². The van der Waals surface area contributed by atoms with Crippen molar-refractivity contribution < 1.29 is 4.39 Å². The monoisotopic (exact) mass is 265 g/mol. The number of benzene rings is 1. The van der Waals surface area contributed by atoms with E-state index in [0.29, 0.717) is 0 Å². The summed E-state index contributed by atoms with van der Waals surface area (Å²) in [5.41, 5.74) is 2.79. The van der Waals surface area contributed by atoms with Gasteiger partial charge >= 0.3 is 0 Å². The molecule has 1 aromatic carbocycles. The molecule has 1 aliphatic carbocycles. The summed E-state index contributed by atoms with van der Waals surface area (Å²) < 4.78 is 15.4. The van der Waals surface area contributed by atoms with Gasteiger partial charge in [-0.1, -0.05) is 12.1 Å². The lowest BCUT2D eigenvalue weighted by Crippen LogP contribution is -2.35. The lowest BCUT2D eigenvalue weighted by molar-refractivity contribution is 0.444. The largest absolute Gasteiger partial charge is 0.276 e. The third-order valence-corrected chi connectivity index (χ3v) is 4.44. The third-order valence-electron chi connectivity index (χ3n) is 4.44. The van der Waals surface area contributed by atoms with E-state index >= 15 is 0 Å². The van der Waals surface area contributed by atoms with Gasteiger partial charge in [0.15, 0.2) is 0 Å². The Bertz CT molecular complexity index is 727. The molecule has 0 saturated heterocycles. The van der Waals surface area contributed by atoms with Crippen LogP contribution in [0.15, 0.2) is 30.3 Å². The average Bonchev–Trinajstić information content (AvgIpc) is 3.07. The molecule has 1 saturated carbocycles. The number of aromatic nitrogens is 2. The molecule has 0 N–H and O–H groups in total. The molecule has 0 amide bonds. The summed E-state index contributed by atoms with van der Waals surface area (Å²) in [6.07, 6.45) is 3.85. The zero-order valence-electron chi connectivity index (χ0n) is 11.0. The van der Waals surface area contributed by atoms with Gasteiger partial charge < -0.3 is 0 Å². The molecule has 3 nitrogen and oxygen atoms in total. The number of fused-ring (bicyclic) bond motifs is 2. The molecule has 1 aromatic heterocycles. The highest BCUT2D eigenvalue weighted by Gasteiger charge is 2.51. The van der Waals surface area contributed by atoms with Gasteiger partial charge in [0.1, 0.15) is 5.82 Å². The number of nitriles is 1. The van der Waals surface area contributed by atoms with Gasteiger partial charge in [-0.3, -0.25) is 4.68 Å². The predicted molar refractivity (Wildman–Crippen MR) is 74.7 cm³/mol. The Labute approximate surface area is 117 Å². The van der Waals surface area contributed by atoms with Crippen LogP contribution in [0.4, 0.5) is 4.39 Å². The lowest BCUT2D eigenvalue weighted by atomic mass is 9.43. The normalized spacial score (nSPS) is 18.7. The molecule has 5 heteroatoms. The molecule has 0 unspecified atom stereocenters. The Balaban J connectivity index is 1.80. The highest BCUT2D eigenvalue weighted by Crippen LogP contribution is 2.51. The number of rotatable bonds is 1. The Hall–Kier alpha value is -2.09. The summed E-state index contributed by atoms with van der Waals surface area (Å²) in [4.78, 5) is 0. The van der Waals surface area contributed by atoms with Crippen LogP contribution < -0.4 is 0 Å². The first-order valence-corrected chi connectivity index (χ1v) is 6.95. The molecule has 2 aromatic rings. The van der Waals surface area contributed by atoms with E-state index < -0.39 is 0 Å². The fraction of sp³-hybridized carbons (Fsp3) is 0.333. The minimum Gasteiger partial charge on any atom is -0.264 e. The Morgan fingerprint density at radius 3 is 2.90 bits per heavy atom. The molecule has 2 aliphatic rings. The fourth-order valence-corrected chi connectivity index (χ4v) is 3.29. The van der Waals surface area contributed by atoms with Crippen molar-refractivity contribution in [2.75, 3.05) is 0 Å². The Morgan fingerprint density at radius 1 is 1.35 bits per heavy atom. The summed E-state index contributed by atoms with van der Waals surface area (Å²) in [5, 5.41) is 13.9. The molecule has 2 heterocycles. The van der Waals surface area contributed by atoms with Crippen LogP contribution in [0.2, 0.25) is 6.32 Å². The number of hydrogen-bond acceptors (Lipinski definition) is 2. The van der Waals surface area contributed by atoms with Gasteiger partial charge in [0.2, 0.25) is 0 Å². The molecule has 1 spiro atoms. The van der Waals surface area contributed by atoms with Crippen LogP contribution in [0, 0.1) is 17.0 Å². The van der Waals surface area contributed by atoms with Crippen molar-refractivity contribution in [1.82, 2.24) is 9.78 Å². The Morgan fingerprint density at radius 2 is 2.20 bits per heavy atom. The van der Waals surface area contributed by atoms with Crippen molar-refractivity contribution in [3.05, 3.63) is 41.8 Å². The quantitative estimate of drug-likeness (QED) is 0.744. The minimum absolute atomic E-state index is 0.0690. The van der Waals surface area contributed by atoms with E-state index in [9.17, 15) is 9.65 Å². The maximum absolute atomic E-state index is 13.3. The highest BCUT2D eigenvalue weighted by molar-refractivity contribution is 6.66. The second-order valence-electron chi connectivity index (χ2n) is 5.90. The Kier molecular flexibility index (Phi) is 2.32. The van der Waals surface area contributed by atoms with E-state index in [1.54, 1.807) is 6.07 Å². The first-order chi connectivity index (χ1) is 9.70. The van der Waals surface area contributed by atoms with Crippen LogP contribution in [0.1, 0.15) is 18.5 Å². The van der Waals surface area contributed by atoms with E-state index in [-0.39, 0.29) is 18.1 Å². The summed E-state index contributed by atoms with van der Waals surface area (Å²) in [5.74, 6) is 2.15. The molecule has 1 aliphatic heterocycles. The maximum atomic E-state index is 13.3. The summed E-state index contributed by atoms with van der Waals surface area (Å²) >= 11 is 0. The summed E-state index contributed by atoms with van der Waals surface area (Å²) in [6, 6.07) is 8.54. The van der Waals surface area contributed by atoms with Gasteiger partial charge in [0.25, 0.3) is 6.71 Å². The SMILES string of the molecule is N#CB1Cc2cc(-c3cccc(F)c3)nn2C2(CC2)C1. The van der Waals surface area contributed by atoms with Crippen molar-refractivity contribution in [3.8, 4) is 17.2 Å². The van der Waals surface area contributed by atoms with Crippen molar-refractivity contribution in [1.29, 1.82) is 5.26 Å².